The third kappa shape index (κ3) is 5.29. The van der Waals surface area contributed by atoms with Crippen molar-refractivity contribution in [3.8, 4) is 0 Å². The van der Waals surface area contributed by atoms with Crippen molar-refractivity contribution < 1.29 is 15.3 Å². The molecule has 3 aliphatic rings. The Balaban J connectivity index is 1.68. The van der Waals surface area contributed by atoms with E-state index in [1.54, 1.807) is 0 Å². The van der Waals surface area contributed by atoms with Gasteiger partial charge < -0.3 is 15.3 Å². The van der Waals surface area contributed by atoms with Crippen LogP contribution in [0.25, 0.3) is 0 Å². The molecule has 3 rings (SSSR count). The average molecular weight is 417 g/mol. The summed E-state index contributed by atoms with van der Waals surface area (Å²) < 4.78 is 0. The Morgan fingerprint density at radius 2 is 1.97 bits per heavy atom. The highest BCUT2D eigenvalue weighted by molar-refractivity contribution is 5.37. The Labute approximate surface area is 184 Å². The van der Waals surface area contributed by atoms with Gasteiger partial charge in [-0.05, 0) is 99.2 Å². The zero-order valence-corrected chi connectivity index (χ0v) is 19.8. The van der Waals surface area contributed by atoms with E-state index >= 15 is 0 Å². The Morgan fingerprint density at radius 1 is 1.23 bits per heavy atom. The number of aliphatic hydroxyl groups is 3. The van der Waals surface area contributed by atoms with Crippen LogP contribution in [-0.2, 0) is 0 Å². The maximum Gasteiger partial charge on any atom is 0.0777 e. The largest absolute Gasteiger partial charge is 0.393 e. The van der Waals surface area contributed by atoms with E-state index in [2.05, 4.69) is 32.1 Å². The van der Waals surface area contributed by atoms with Gasteiger partial charge in [0, 0.05) is 6.42 Å². The molecule has 4 unspecified atom stereocenters. The zero-order valence-electron chi connectivity index (χ0n) is 19.8. The second-order valence-electron chi connectivity index (χ2n) is 11.3. The molecule has 1 saturated carbocycles. The van der Waals surface area contributed by atoms with Crippen LogP contribution in [0.5, 0.6) is 0 Å². The lowest BCUT2D eigenvalue weighted by Gasteiger charge is -2.43. The predicted octanol–water partition coefficient (Wildman–Crippen LogP) is 5.70. The number of hydrogen-bond donors (Lipinski definition) is 3. The number of rotatable bonds is 7. The molecule has 0 amide bonds. The van der Waals surface area contributed by atoms with Crippen LogP contribution in [0.3, 0.4) is 0 Å². The van der Waals surface area contributed by atoms with Gasteiger partial charge >= 0.3 is 0 Å². The Kier molecular flexibility index (Phi) is 7.37. The first-order valence-electron chi connectivity index (χ1n) is 12.2. The third-order valence-corrected chi connectivity index (χ3v) is 8.44. The van der Waals surface area contributed by atoms with Crippen LogP contribution in [0, 0.1) is 23.2 Å². The molecule has 170 valence electrons. The third-order valence-electron chi connectivity index (χ3n) is 8.44. The molecular weight excluding hydrogens is 372 g/mol. The van der Waals surface area contributed by atoms with Gasteiger partial charge in [0.05, 0.1) is 17.8 Å². The normalized spacial score (nSPS) is 36.2. The van der Waals surface area contributed by atoms with E-state index in [4.69, 9.17) is 0 Å². The van der Waals surface area contributed by atoms with Gasteiger partial charge in [0.2, 0.25) is 0 Å². The van der Waals surface area contributed by atoms with Gasteiger partial charge in [0.15, 0.2) is 0 Å². The van der Waals surface area contributed by atoms with Crippen LogP contribution in [0.1, 0.15) is 92.4 Å². The van der Waals surface area contributed by atoms with E-state index in [-0.39, 0.29) is 0 Å². The van der Waals surface area contributed by atoms with Gasteiger partial charge in [-0.15, -0.1) is 0 Å². The number of fused-ring (bicyclic) bond motifs is 1. The first-order chi connectivity index (χ1) is 14.0. The molecule has 30 heavy (non-hydrogen) atoms. The first kappa shape index (κ1) is 23.8. The summed E-state index contributed by atoms with van der Waals surface area (Å²) in [4.78, 5) is 0. The fraction of sp³-hybridized carbons (Fsp3) is 0.778. The Morgan fingerprint density at radius 3 is 2.67 bits per heavy atom. The zero-order chi connectivity index (χ0) is 22.1. The van der Waals surface area contributed by atoms with Crippen LogP contribution >= 0.6 is 0 Å². The highest BCUT2D eigenvalue weighted by Crippen LogP contribution is 2.58. The molecule has 3 nitrogen and oxygen atoms in total. The van der Waals surface area contributed by atoms with Gasteiger partial charge in [-0.3, -0.25) is 0 Å². The fourth-order valence-electron chi connectivity index (χ4n) is 6.58. The topological polar surface area (TPSA) is 60.7 Å². The number of allylic oxidation sites excluding steroid dienone is 4. The van der Waals surface area contributed by atoms with Gasteiger partial charge in [0.1, 0.15) is 0 Å². The highest BCUT2D eigenvalue weighted by atomic mass is 16.3. The lowest BCUT2D eigenvalue weighted by Crippen LogP contribution is -2.35. The lowest BCUT2D eigenvalue weighted by molar-refractivity contribution is 0.0613. The standard InChI is InChI=1S/C27H44O3/c1-18(8-6-14-26(3,4)30)23-12-13-24-20(9-7-15-27(23,24)5)10-11-21-16-22(28)17-25(29)19(21)2/h9-11,18,22-25,28-30H,6-8,12-17H2,1-5H3/b11-10-/t18?,22?,23-,24?,25?,27-/m1/s1. The molecule has 0 spiro atoms. The van der Waals surface area contributed by atoms with E-state index in [0.29, 0.717) is 30.1 Å². The summed E-state index contributed by atoms with van der Waals surface area (Å²) >= 11 is 0. The second-order valence-corrected chi connectivity index (χ2v) is 11.3. The van der Waals surface area contributed by atoms with E-state index in [0.717, 1.165) is 36.3 Å². The molecule has 0 aromatic rings. The summed E-state index contributed by atoms with van der Waals surface area (Å²) in [7, 11) is 0. The van der Waals surface area contributed by atoms with Gasteiger partial charge in [-0.25, -0.2) is 0 Å². The Bertz CT molecular complexity index is 695. The molecule has 6 atom stereocenters. The van der Waals surface area contributed by atoms with Crippen LogP contribution in [0.2, 0.25) is 0 Å². The molecular formula is C27H44O3. The molecule has 0 radical (unpaired) electrons. The predicted molar refractivity (Wildman–Crippen MR) is 124 cm³/mol. The molecule has 0 aromatic heterocycles. The minimum absolute atomic E-state index is 0.359. The van der Waals surface area contributed by atoms with Crippen molar-refractivity contribution in [2.24, 2.45) is 23.2 Å². The highest BCUT2D eigenvalue weighted by Gasteiger charge is 2.49. The minimum atomic E-state index is -0.555. The molecule has 0 aliphatic heterocycles. The van der Waals surface area contributed by atoms with E-state index < -0.39 is 17.8 Å². The fourth-order valence-corrected chi connectivity index (χ4v) is 6.58. The maximum absolute atomic E-state index is 10.2. The summed E-state index contributed by atoms with van der Waals surface area (Å²) in [5.74, 6) is 2.06. The van der Waals surface area contributed by atoms with Gasteiger partial charge in [-0.1, -0.05) is 44.9 Å². The average Bonchev–Trinajstić information content (AvgIpc) is 3.00. The summed E-state index contributed by atoms with van der Waals surface area (Å²) in [5, 5.41) is 30.3. The van der Waals surface area contributed by atoms with Crippen molar-refractivity contribution in [1.82, 2.24) is 0 Å². The molecule has 0 saturated heterocycles. The molecule has 1 fully saturated rings. The molecule has 3 N–H and O–H groups in total. The minimum Gasteiger partial charge on any atom is -0.393 e. The molecule has 0 heterocycles. The van der Waals surface area contributed by atoms with Gasteiger partial charge in [-0.2, -0.15) is 0 Å². The molecule has 0 bridgehead atoms. The monoisotopic (exact) mass is 416 g/mol. The van der Waals surface area contributed by atoms with Crippen LogP contribution < -0.4 is 0 Å². The number of hydrogen-bond acceptors (Lipinski definition) is 3. The molecule has 3 heteroatoms. The Hall–Kier alpha value is -0.900. The van der Waals surface area contributed by atoms with E-state index in [1.165, 1.54) is 31.3 Å². The summed E-state index contributed by atoms with van der Waals surface area (Å²) in [6, 6.07) is 0. The van der Waals surface area contributed by atoms with E-state index in [9.17, 15) is 15.3 Å². The van der Waals surface area contributed by atoms with Crippen LogP contribution in [-0.4, -0.2) is 33.1 Å². The SMILES string of the molecule is CC1=C(/C=C\C2=CCC[C@@]3(C)C2CC[C@@H]3C(C)CCCC(C)(C)O)CC(O)CC1O. The first-order valence-corrected chi connectivity index (χ1v) is 12.2. The summed E-state index contributed by atoms with van der Waals surface area (Å²) in [6.07, 6.45) is 15.2. The van der Waals surface area contributed by atoms with Crippen LogP contribution in [0.4, 0.5) is 0 Å². The van der Waals surface area contributed by atoms with Crippen LogP contribution in [0.15, 0.2) is 34.9 Å². The van der Waals surface area contributed by atoms with Crippen molar-refractivity contribution in [2.75, 3.05) is 0 Å². The quantitative estimate of drug-likeness (QED) is 0.498. The summed E-state index contributed by atoms with van der Waals surface area (Å²) in [5.41, 5.74) is 3.38. The maximum atomic E-state index is 10.2. The number of aliphatic hydroxyl groups excluding tert-OH is 2. The van der Waals surface area contributed by atoms with Crippen molar-refractivity contribution in [1.29, 1.82) is 0 Å². The van der Waals surface area contributed by atoms with Crippen molar-refractivity contribution in [3.05, 3.63) is 34.9 Å². The molecule has 0 aromatic carbocycles. The smallest absolute Gasteiger partial charge is 0.0777 e. The van der Waals surface area contributed by atoms with Crippen molar-refractivity contribution >= 4 is 0 Å². The molecule has 3 aliphatic carbocycles. The lowest BCUT2D eigenvalue weighted by atomic mass is 9.62. The summed E-state index contributed by atoms with van der Waals surface area (Å²) in [6.45, 7) is 10.8. The second kappa shape index (κ2) is 9.30. The van der Waals surface area contributed by atoms with E-state index in [1.807, 2.05) is 20.8 Å². The van der Waals surface area contributed by atoms with Gasteiger partial charge in [0.25, 0.3) is 0 Å². The van der Waals surface area contributed by atoms with Crippen molar-refractivity contribution in [2.45, 2.75) is 110 Å². The van der Waals surface area contributed by atoms with Crippen molar-refractivity contribution in [3.63, 3.8) is 0 Å².